The molecule has 2 saturated carbocycles. The third-order valence-electron chi connectivity index (χ3n) is 8.08. The number of aryl methyl sites for hydroxylation is 1. The van der Waals surface area contributed by atoms with Crippen LogP contribution in [0.3, 0.4) is 0 Å². The van der Waals surface area contributed by atoms with E-state index in [1.807, 2.05) is 28.6 Å². The van der Waals surface area contributed by atoms with Crippen LogP contribution in [0.25, 0.3) is 22.2 Å². The van der Waals surface area contributed by atoms with Gasteiger partial charge in [-0.15, -0.1) is 0 Å². The molecular weight excluding hydrogens is 442 g/mol. The molecule has 2 unspecified atom stereocenters. The number of benzene rings is 1. The molecule has 182 valence electrons. The SMILES string of the molecule is Cn1c(C(=O)C2(N3CCNC(=O)C3)CCCCC2O)nc2c(-c3ccncc3)cc(C3CC3)cc21. The molecule has 8 nitrogen and oxygen atoms in total. The average molecular weight is 474 g/mol. The lowest BCUT2D eigenvalue weighted by molar-refractivity contribution is -0.128. The first-order valence-electron chi connectivity index (χ1n) is 12.6. The molecule has 35 heavy (non-hydrogen) atoms. The van der Waals surface area contributed by atoms with Gasteiger partial charge >= 0.3 is 0 Å². The van der Waals surface area contributed by atoms with Gasteiger partial charge in [0.1, 0.15) is 5.54 Å². The van der Waals surface area contributed by atoms with Crippen LogP contribution in [-0.2, 0) is 11.8 Å². The van der Waals surface area contributed by atoms with Gasteiger partial charge in [0.05, 0.1) is 23.7 Å². The van der Waals surface area contributed by atoms with Crippen molar-refractivity contribution in [2.45, 2.75) is 56.1 Å². The maximum Gasteiger partial charge on any atom is 0.234 e. The number of piperazine rings is 1. The van der Waals surface area contributed by atoms with Crippen molar-refractivity contribution in [1.29, 1.82) is 0 Å². The molecule has 8 heteroatoms. The minimum Gasteiger partial charge on any atom is -0.391 e. The molecule has 1 saturated heterocycles. The van der Waals surface area contributed by atoms with Crippen LogP contribution < -0.4 is 5.32 Å². The van der Waals surface area contributed by atoms with E-state index in [-0.39, 0.29) is 18.2 Å². The molecular formula is C27H31N5O3. The van der Waals surface area contributed by atoms with Gasteiger partial charge in [-0.1, -0.05) is 12.8 Å². The third-order valence-corrected chi connectivity index (χ3v) is 8.08. The van der Waals surface area contributed by atoms with E-state index in [1.54, 1.807) is 12.4 Å². The molecule has 3 heterocycles. The van der Waals surface area contributed by atoms with Gasteiger partial charge in [-0.05, 0) is 67.0 Å². The van der Waals surface area contributed by atoms with Crippen LogP contribution in [0, 0.1) is 0 Å². The summed E-state index contributed by atoms with van der Waals surface area (Å²) >= 11 is 0. The predicted octanol–water partition coefficient (Wildman–Crippen LogP) is 2.80. The van der Waals surface area contributed by atoms with E-state index in [1.165, 1.54) is 18.4 Å². The molecule has 0 spiro atoms. The zero-order chi connectivity index (χ0) is 24.2. The largest absolute Gasteiger partial charge is 0.391 e. The minimum absolute atomic E-state index is 0.111. The van der Waals surface area contributed by atoms with E-state index in [4.69, 9.17) is 4.98 Å². The molecule has 3 aromatic rings. The number of rotatable bonds is 5. The number of ketones is 1. The highest BCUT2D eigenvalue weighted by Crippen LogP contribution is 2.44. The number of carbonyl (C=O) groups is 2. The highest BCUT2D eigenvalue weighted by molar-refractivity contribution is 6.05. The number of aliphatic hydroxyl groups is 1. The van der Waals surface area contributed by atoms with Crippen LogP contribution in [0.4, 0.5) is 0 Å². The van der Waals surface area contributed by atoms with Crippen LogP contribution in [0.1, 0.15) is 60.6 Å². The zero-order valence-corrected chi connectivity index (χ0v) is 20.0. The normalized spacial score (nSPS) is 25.5. The Balaban J connectivity index is 1.51. The second-order valence-electron chi connectivity index (χ2n) is 10.2. The van der Waals surface area contributed by atoms with Crippen molar-refractivity contribution in [3.05, 3.63) is 48.0 Å². The molecule has 1 aromatic carbocycles. The summed E-state index contributed by atoms with van der Waals surface area (Å²) in [5, 5.41) is 14.1. The summed E-state index contributed by atoms with van der Waals surface area (Å²) in [7, 11) is 1.89. The molecule has 2 N–H and O–H groups in total. The molecule has 1 amide bonds. The average Bonchev–Trinajstić information content (AvgIpc) is 3.68. The standard InChI is InChI=1S/C27H31N5O3/c1-31-21-15-19(17-5-6-17)14-20(18-7-10-28-11-8-18)24(21)30-26(31)25(35)27(9-3-2-4-22(27)33)32-13-12-29-23(34)16-32/h7-8,10-11,14-15,17,22,33H,2-6,9,12-13,16H2,1H3,(H,29,34). The Bertz CT molecular complexity index is 1300. The molecule has 2 atom stereocenters. The summed E-state index contributed by atoms with van der Waals surface area (Å²) in [6, 6.07) is 8.32. The Morgan fingerprint density at radius 2 is 1.97 bits per heavy atom. The van der Waals surface area contributed by atoms with Gasteiger partial charge in [0.15, 0.2) is 5.82 Å². The number of carbonyl (C=O) groups excluding carboxylic acids is 2. The van der Waals surface area contributed by atoms with E-state index >= 15 is 0 Å². The van der Waals surface area contributed by atoms with E-state index < -0.39 is 11.6 Å². The van der Waals surface area contributed by atoms with Gasteiger partial charge in [-0.3, -0.25) is 19.5 Å². The number of hydrogen-bond acceptors (Lipinski definition) is 6. The molecule has 2 aromatic heterocycles. The number of pyridine rings is 1. The first-order valence-corrected chi connectivity index (χ1v) is 12.6. The third kappa shape index (κ3) is 3.67. The summed E-state index contributed by atoms with van der Waals surface area (Å²) < 4.78 is 1.89. The van der Waals surface area contributed by atoms with Crippen molar-refractivity contribution in [3.63, 3.8) is 0 Å². The summed E-state index contributed by atoms with van der Waals surface area (Å²) in [4.78, 5) is 37.6. The summed E-state index contributed by atoms with van der Waals surface area (Å²) in [5.41, 5.74) is 3.85. The Morgan fingerprint density at radius 1 is 1.17 bits per heavy atom. The lowest BCUT2D eigenvalue weighted by Gasteiger charge is -2.48. The Labute approximate surface area is 204 Å². The molecule has 3 fully saturated rings. The number of Topliss-reactive ketones (excluding diaryl/α,β-unsaturated/α-hetero) is 1. The highest BCUT2D eigenvalue weighted by Gasteiger charge is 2.53. The molecule has 2 aliphatic carbocycles. The van der Waals surface area contributed by atoms with Crippen LogP contribution in [0.5, 0.6) is 0 Å². The second-order valence-corrected chi connectivity index (χ2v) is 10.2. The van der Waals surface area contributed by atoms with Gasteiger partial charge in [-0.2, -0.15) is 0 Å². The monoisotopic (exact) mass is 473 g/mol. The van der Waals surface area contributed by atoms with Crippen molar-refractivity contribution in [3.8, 4) is 11.1 Å². The highest BCUT2D eigenvalue weighted by atomic mass is 16.3. The van der Waals surface area contributed by atoms with Crippen molar-refractivity contribution in [2.24, 2.45) is 7.05 Å². The lowest BCUT2D eigenvalue weighted by Crippen LogP contribution is -2.67. The van der Waals surface area contributed by atoms with E-state index in [9.17, 15) is 14.7 Å². The van der Waals surface area contributed by atoms with Crippen molar-refractivity contribution >= 4 is 22.7 Å². The topological polar surface area (TPSA) is 100 Å². The maximum absolute atomic E-state index is 14.4. The number of aliphatic hydroxyl groups excluding tert-OH is 1. The minimum atomic E-state index is -1.14. The second kappa shape index (κ2) is 8.53. The Hall–Kier alpha value is -3.10. The maximum atomic E-state index is 14.4. The summed E-state index contributed by atoms with van der Waals surface area (Å²) in [6.45, 7) is 1.12. The van der Waals surface area contributed by atoms with Gasteiger partial charge in [0.2, 0.25) is 11.7 Å². The van der Waals surface area contributed by atoms with Gasteiger partial charge < -0.3 is 15.0 Å². The first kappa shape index (κ1) is 22.4. The molecule has 0 bridgehead atoms. The van der Waals surface area contributed by atoms with Crippen LogP contribution in [0.2, 0.25) is 0 Å². The van der Waals surface area contributed by atoms with Crippen molar-refractivity contribution in [1.82, 2.24) is 24.8 Å². The van der Waals surface area contributed by atoms with E-state index in [0.717, 1.165) is 35.0 Å². The number of fused-ring (bicyclic) bond motifs is 1. The fraction of sp³-hybridized carbons (Fsp3) is 0.481. The fourth-order valence-electron chi connectivity index (χ4n) is 6.00. The van der Waals surface area contributed by atoms with E-state index in [2.05, 4.69) is 22.4 Å². The lowest BCUT2D eigenvalue weighted by atomic mass is 9.74. The quantitative estimate of drug-likeness (QED) is 0.553. The van der Waals surface area contributed by atoms with Crippen LogP contribution >= 0.6 is 0 Å². The molecule has 6 rings (SSSR count). The van der Waals surface area contributed by atoms with Crippen molar-refractivity contribution < 1.29 is 14.7 Å². The molecule has 3 aliphatic rings. The number of nitrogens with zero attached hydrogens (tertiary/aromatic N) is 4. The summed E-state index contributed by atoms with van der Waals surface area (Å²) in [6.07, 6.45) is 7.83. The number of hydrogen-bond donors (Lipinski definition) is 2. The molecule has 0 radical (unpaired) electrons. The zero-order valence-electron chi connectivity index (χ0n) is 20.0. The number of aromatic nitrogens is 3. The Kier molecular flexibility index (Phi) is 5.45. The molecule has 1 aliphatic heterocycles. The predicted molar refractivity (Wildman–Crippen MR) is 132 cm³/mol. The first-order chi connectivity index (χ1) is 17.0. The number of amides is 1. The van der Waals surface area contributed by atoms with Crippen LogP contribution in [-0.4, -0.2) is 67.5 Å². The van der Waals surface area contributed by atoms with Gasteiger partial charge in [0.25, 0.3) is 0 Å². The number of imidazole rings is 1. The number of nitrogens with one attached hydrogen (secondary N) is 1. The fourth-order valence-corrected chi connectivity index (χ4v) is 6.00. The van der Waals surface area contributed by atoms with Crippen molar-refractivity contribution in [2.75, 3.05) is 19.6 Å². The smallest absolute Gasteiger partial charge is 0.234 e. The van der Waals surface area contributed by atoms with Crippen LogP contribution in [0.15, 0.2) is 36.7 Å². The van der Waals surface area contributed by atoms with Gasteiger partial charge in [0, 0.05) is 38.1 Å². The van der Waals surface area contributed by atoms with Gasteiger partial charge in [-0.25, -0.2) is 4.98 Å². The summed E-state index contributed by atoms with van der Waals surface area (Å²) in [5.74, 6) is 0.592. The van der Waals surface area contributed by atoms with E-state index in [0.29, 0.717) is 37.7 Å². The Morgan fingerprint density at radius 3 is 2.69 bits per heavy atom.